The van der Waals surface area contributed by atoms with Gasteiger partial charge in [-0.1, -0.05) is 30.3 Å². The van der Waals surface area contributed by atoms with E-state index in [9.17, 15) is 13.2 Å². The Balaban J connectivity index is 2.39. The molecule has 1 amide bonds. The second-order valence-corrected chi connectivity index (χ2v) is 8.55. The number of rotatable bonds is 8. The molecule has 0 fully saturated rings. The van der Waals surface area contributed by atoms with Gasteiger partial charge in [-0.15, -0.1) is 0 Å². The molecule has 0 heterocycles. The van der Waals surface area contributed by atoms with Crippen LogP contribution in [0.4, 0.5) is 0 Å². The lowest BCUT2D eigenvalue weighted by molar-refractivity contribution is -0.122. The fraction of sp³-hybridized carbons (Fsp3) is 0.350. The van der Waals surface area contributed by atoms with E-state index in [0.29, 0.717) is 5.75 Å². The third kappa shape index (κ3) is 5.30. The van der Waals surface area contributed by atoms with E-state index in [4.69, 9.17) is 4.74 Å². The summed E-state index contributed by atoms with van der Waals surface area (Å²) in [6.07, 6.45) is 0.0209. The minimum Gasteiger partial charge on any atom is -0.497 e. The standard InChI is InChI=1S/C20H26N2O4S/c1-15(2)21-20(23)14-19(16-10-12-17(26-4)13-11-16)22(3)27(24,25)18-8-6-5-7-9-18/h5-13,15,19H,14H2,1-4H3,(H,21,23)/t19-/m1/s1. The van der Waals surface area contributed by atoms with Crippen molar-refractivity contribution in [2.75, 3.05) is 14.2 Å². The maximum Gasteiger partial charge on any atom is 0.243 e. The summed E-state index contributed by atoms with van der Waals surface area (Å²) in [7, 11) is -0.690. The molecule has 0 unspecified atom stereocenters. The Bertz CT molecular complexity index is 849. The average molecular weight is 391 g/mol. The number of carbonyl (C=O) groups is 1. The number of benzene rings is 2. The van der Waals surface area contributed by atoms with Gasteiger partial charge in [-0.05, 0) is 43.7 Å². The number of nitrogens with zero attached hydrogens (tertiary/aromatic N) is 1. The van der Waals surface area contributed by atoms with E-state index in [-0.39, 0.29) is 23.3 Å². The molecule has 0 saturated carbocycles. The molecule has 6 nitrogen and oxygen atoms in total. The van der Waals surface area contributed by atoms with Crippen molar-refractivity contribution in [1.29, 1.82) is 0 Å². The quantitative estimate of drug-likeness (QED) is 0.752. The van der Waals surface area contributed by atoms with Gasteiger partial charge >= 0.3 is 0 Å². The Morgan fingerprint density at radius 3 is 2.19 bits per heavy atom. The Labute approximate surface area is 161 Å². The first-order valence-electron chi connectivity index (χ1n) is 8.72. The van der Waals surface area contributed by atoms with Gasteiger partial charge in [0.25, 0.3) is 0 Å². The smallest absolute Gasteiger partial charge is 0.243 e. The molecular formula is C20H26N2O4S. The van der Waals surface area contributed by atoms with Crippen LogP contribution in [-0.2, 0) is 14.8 Å². The molecule has 0 aromatic heterocycles. The highest BCUT2D eigenvalue weighted by Gasteiger charge is 2.30. The highest BCUT2D eigenvalue weighted by Crippen LogP contribution is 2.30. The molecule has 1 atom stereocenters. The summed E-state index contributed by atoms with van der Waals surface area (Å²) in [4.78, 5) is 12.6. The number of carbonyl (C=O) groups excluding carboxylic acids is 1. The van der Waals surface area contributed by atoms with Crippen LogP contribution < -0.4 is 10.1 Å². The summed E-state index contributed by atoms with van der Waals surface area (Å²) in [5, 5.41) is 2.83. The van der Waals surface area contributed by atoms with Crippen molar-refractivity contribution < 1.29 is 17.9 Å². The SMILES string of the molecule is COc1ccc([C@@H](CC(=O)NC(C)C)N(C)S(=O)(=O)c2ccccc2)cc1. The van der Waals surface area contributed by atoms with Gasteiger partial charge in [0.2, 0.25) is 15.9 Å². The van der Waals surface area contributed by atoms with Gasteiger partial charge in [-0.3, -0.25) is 4.79 Å². The molecule has 0 saturated heterocycles. The third-order valence-electron chi connectivity index (χ3n) is 4.19. The molecule has 0 radical (unpaired) electrons. The fourth-order valence-electron chi connectivity index (χ4n) is 2.77. The van der Waals surface area contributed by atoms with Crippen molar-refractivity contribution in [2.24, 2.45) is 0 Å². The molecule has 146 valence electrons. The lowest BCUT2D eigenvalue weighted by Crippen LogP contribution is -2.37. The van der Waals surface area contributed by atoms with Crippen molar-refractivity contribution in [2.45, 2.75) is 37.2 Å². The van der Waals surface area contributed by atoms with Gasteiger partial charge in [-0.25, -0.2) is 8.42 Å². The van der Waals surface area contributed by atoms with E-state index in [2.05, 4.69) is 5.32 Å². The number of hydrogen-bond donors (Lipinski definition) is 1. The Kier molecular flexibility index (Phi) is 6.98. The largest absolute Gasteiger partial charge is 0.497 e. The van der Waals surface area contributed by atoms with Crippen molar-refractivity contribution in [1.82, 2.24) is 9.62 Å². The molecular weight excluding hydrogens is 364 g/mol. The van der Waals surface area contributed by atoms with Crippen LogP contribution in [0.5, 0.6) is 5.75 Å². The Hall–Kier alpha value is -2.38. The van der Waals surface area contributed by atoms with Gasteiger partial charge in [0.05, 0.1) is 18.0 Å². The first kappa shape index (κ1) is 20.9. The van der Waals surface area contributed by atoms with Crippen LogP contribution in [0, 0.1) is 0 Å². The maximum atomic E-state index is 13.0. The van der Waals surface area contributed by atoms with Crippen LogP contribution in [0.2, 0.25) is 0 Å². The predicted molar refractivity (Wildman–Crippen MR) is 105 cm³/mol. The molecule has 2 rings (SSSR count). The topological polar surface area (TPSA) is 75.7 Å². The van der Waals surface area contributed by atoms with Crippen LogP contribution in [0.25, 0.3) is 0 Å². The molecule has 2 aromatic carbocycles. The normalized spacial score (nSPS) is 12.8. The van der Waals surface area contributed by atoms with Crippen LogP contribution in [-0.4, -0.2) is 38.8 Å². The van der Waals surface area contributed by atoms with E-state index in [1.807, 2.05) is 13.8 Å². The highest BCUT2D eigenvalue weighted by atomic mass is 32.2. The van der Waals surface area contributed by atoms with Gasteiger partial charge in [0.15, 0.2) is 0 Å². The van der Waals surface area contributed by atoms with E-state index in [1.54, 1.807) is 61.7 Å². The van der Waals surface area contributed by atoms with E-state index >= 15 is 0 Å². The maximum absolute atomic E-state index is 13.0. The molecule has 1 N–H and O–H groups in total. The van der Waals surface area contributed by atoms with Crippen LogP contribution in [0.1, 0.15) is 31.9 Å². The third-order valence-corrected chi connectivity index (χ3v) is 6.07. The minimum absolute atomic E-state index is 0.0209. The van der Waals surface area contributed by atoms with Gasteiger partial charge in [0.1, 0.15) is 5.75 Å². The zero-order valence-electron chi connectivity index (χ0n) is 16.0. The first-order chi connectivity index (χ1) is 12.8. The van der Waals surface area contributed by atoms with E-state index in [0.717, 1.165) is 5.56 Å². The zero-order chi connectivity index (χ0) is 20.0. The Morgan fingerprint density at radius 2 is 1.67 bits per heavy atom. The monoisotopic (exact) mass is 390 g/mol. The lowest BCUT2D eigenvalue weighted by atomic mass is 10.0. The van der Waals surface area contributed by atoms with Crippen LogP contribution >= 0.6 is 0 Å². The van der Waals surface area contributed by atoms with Crippen molar-refractivity contribution >= 4 is 15.9 Å². The fourth-order valence-corrected chi connectivity index (χ4v) is 4.13. The molecule has 27 heavy (non-hydrogen) atoms. The summed E-state index contributed by atoms with van der Waals surface area (Å²) in [5.74, 6) is 0.457. The summed E-state index contributed by atoms with van der Waals surface area (Å²) in [6.45, 7) is 3.73. The molecule has 0 aliphatic carbocycles. The summed E-state index contributed by atoms with van der Waals surface area (Å²) in [6, 6.07) is 14.6. The van der Waals surface area contributed by atoms with Crippen molar-refractivity contribution in [3.63, 3.8) is 0 Å². The predicted octanol–water partition coefficient (Wildman–Crippen LogP) is 2.97. The summed E-state index contributed by atoms with van der Waals surface area (Å²) >= 11 is 0. The number of sulfonamides is 1. The van der Waals surface area contributed by atoms with Gasteiger partial charge in [-0.2, -0.15) is 4.31 Å². The van der Waals surface area contributed by atoms with E-state index < -0.39 is 16.1 Å². The average Bonchev–Trinajstić information content (AvgIpc) is 2.66. The van der Waals surface area contributed by atoms with Crippen LogP contribution in [0.15, 0.2) is 59.5 Å². The number of methoxy groups -OCH3 is 1. The highest BCUT2D eigenvalue weighted by molar-refractivity contribution is 7.89. The first-order valence-corrected chi connectivity index (χ1v) is 10.2. The number of nitrogens with one attached hydrogen (secondary N) is 1. The van der Waals surface area contributed by atoms with Gasteiger partial charge < -0.3 is 10.1 Å². The van der Waals surface area contributed by atoms with E-state index in [1.165, 1.54) is 11.4 Å². The van der Waals surface area contributed by atoms with Crippen molar-refractivity contribution in [3.05, 3.63) is 60.2 Å². The second kappa shape index (κ2) is 9.01. The number of ether oxygens (including phenoxy) is 1. The minimum atomic E-state index is -3.75. The van der Waals surface area contributed by atoms with Crippen LogP contribution in [0.3, 0.4) is 0 Å². The number of hydrogen-bond acceptors (Lipinski definition) is 4. The molecule has 0 bridgehead atoms. The van der Waals surface area contributed by atoms with Gasteiger partial charge in [0, 0.05) is 19.5 Å². The second-order valence-electron chi connectivity index (χ2n) is 6.55. The molecule has 7 heteroatoms. The molecule has 0 aliphatic rings. The lowest BCUT2D eigenvalue weighted by Gasteiger charge is -2.28. The molecule has 2 aromatic rings. The summed E-state index contributed by atoms with van der Waals surface area (Å²) in [5.41, 5.74) is 0.719. The Morgan fingerprint density at radius 1 is 1.07 bits per heavy atom. The number of amides is 1. The zero-order valence-corrected chi connectivity index (χ0v) is 16.9. The summed E-state index contributed by atoms with van der Waals surface area (Å²) < 4.78 is 32.5. The van der Waals surface area contributed by atoms with Crippen molar-refractivity contribution in [3.8, 4) is 5.75 Å². The molecule has 0 spiro atoms. The molecule has 0 aliphatic heterocycles.